The molecular weight excluding hydrogens is 440 g/mol. The Kier molecular flexibility index (Phi) is 10.4. The van der Waals surface area contributed by atoms with Crippen molar-refractivity contribution in [2.24, 2.45) is 5.10 Å². The van der Waals surface area contributed by atoms with E-state index in [0.29, 0.717) is 35.8 Å². The third-order valence-corrected chi connectivity index (χ3v) is 4.59. The number of rotatable bonds is 11. The van der Waals surface area contributed by atoms with Gasteiger partial charge in [0.1, 0.15) is 5.75 Å². The Morgan fingerprint density at radius 3 is 2.41 bits per heavy atom. The molecule has 182 valence electrons. The van der Waals surface area contributed by atoms with Crippen molar-refractivity contribution in [3.63, 3.8) is 0 Å². The first-order chi connectivity index (χ1) is 16.4. The van der Waals surface area contributed by atoms with Crippen LogP contribution in [0.1, 0.15) is 32.8 Å². The molecule has 0 aliphatic heterocycles. The van der Waals surface area contributed by atoms with E-state index in [1.807, 2.05) is 13.8 Å². The Labute approximate surface area is 198 Å². The Morgan fingerprint density at radius 1 is 1.03 bits per heavy atom. The van der Waals surface area contributed by atoms with Gasteiger partial charge in [0.15, 0.2) is 18.1 Å². The highest BCUT2D eigenvalue weighted by atomic mass is 16.5. The molecule has 0 bridgehead atoms. The fourth-order valence-corrected chi connectivity index (χ4v) is 2.69. The van der Waals surface area contributed by atoms with Gasteiger partial charge < -0.3 is 24.8 Å². The van der Waals surface area contributed by atoms with Crippen molar-refractivity contribution >= 4 is 29.6 Å². The second-order valence-corrected chi connectivity index (χ2v) is 7.15. The highest BCUT2D eigenvalue weighted by Crippen LogP contribution is 2.30. The van der Waals surface area contributed by atoms with Crippen LogP contribution >= 0.6 is 0 Å². The van der Waals surface area contributed by atoms with Crippen LogP contribution in [0, 0.1) is 0 Å². The highest BCUT2D eigenvalue weighted by molar-refractivity contribution is 6.35. The van der Waals surface area contributed by atoms with Crippen LogP contribution in [0.25, 0.3) is 0 Å². The summed E-state index contributed by atoms with van der Waals surface area (Å²) in [6, 6.07) is 11.9. The van der Waals surface area contributed by atoms with Gasteiger partial charge in [-0.05, 0) is 56.7 Å². The van der Waals surface area contributed by atoms with Gasteiger partial charge in [-0.1, -0.05) is 13.0 Å². The third kappa shape index (κ3) is 8.12. The minimum atomic E-state index is -0.892. The van der Waals surface area contributed by atoms with E-state index in [1.54, 1.807) is 49.4 Å². The normalized spacial score (nSPS) is 11.4. The summed E-state index contributed by atoms with van der Waals surface area (Å²) in [7, 11) is 1.46. The molecule has 0 aliphatic carbocycles. The average molecular weight is 471 g/mol. The van der Waals surface area contributed by atoms with Gasteiger partial charge in [0.25, 0.3) is 5.91 Å². The molecule has 0 unspecified atom stereocenters. The Bertz CT molecular complexity index is 1010. The number of anilines is 1. The average Bonchev–Trinajstić information content (AvgIpc) is 2.84. The highest BCUT2D eigenvalue weighted by Gasteiger charge is 2.15. The zero-order valence-electron chi connectivity index (χ0n) is 19.7. The van der Waals surface area contributed by atoms with Gasteiger partial charge in [-0.2, -0.15) is 5.10 Å². The number of hydrazone groups is 1. The van der Waals surface area contributed by atoms with Gasteiger partial charge in [0.2, 0.25) is 0 Å². The fraction of sp³-hybridized carbons (Fsp3) is 0.333. The summed E-state index contributed by atoms with van der Waals surface area (Å²) in [6.07, 6.45) is 2.00. The van der Waals surface area contributed by atoms with Crippen molar-refractivity contribution in [2.75, 3.05) is 25.6 Å². The standard InChI is InChI=1S/C24H30N4O6/c1-5-16(3)26-23(30)24(31)28-25-14-17-8-7-9-20(32-4)22(17)34-15-21(29)27-18-10-12-19(13-11-18)33-6-2/h7-14,16H,5-6,15H2,1-4H3,(H,26,30)(H,27,29)(H,28,31)/b25-14-/t16-/m0/s1. The predicted octanol–water partition coefficient (Wildman–Crippen LogP) is 2.48. The summed E-state index contributed by atoms with van der Waals surface area (Å²) in [5.74, 6) is -0.712. The van der Waals surface area contributed by atoms with E-state index < -0.39 is 11.8 Å². The lowest BCUT2D eigenvalue weighted by Crippen LogP contribution is -2.41. The lowest BCUT2D eigenvalue weighted by Gasteiger charge is -2.13. The van der Waals surface area contributed by atoms with E-state index >= 15 is 0 Å². The lowest BCUT2D eigenvalue weighted by atomic mass is 10.2. The van der Waals surface area contributed by atoms with Crippen LogP contribution in [-0.2, 0) is 14.4 Å². The molecule has 3 amide bonds. The maximum Gasteiger partial charge on any atom is 0.329 e. The molecule has 3 N–H and O–H groups in total. The van der Waals surface area contributed by atoms with E-state index in [4.69, 9.17) is 14.2 Å². The largest absolute Gasteiger partial charge is 0.494 e. The van der Waals surface area contributed by atoms with E-state index in [-0.39, 0.29) is 24.3 Å². The summed E-state index contributed by atoms with van der Waals surface area (Å²) in [5.41, 5.74) is 3.20. The lowest BCUT2D eigenvalue weighted by molar-refractivity contribution is -0.139. The van der Waals surface area contributed by atoms with Gasteiger partial charge in [0, 0.05) is 17.3 Å². The van der Waals surface area contributed by atoms with Crippen molar-refractivity contribution < 1.29 is 28.6 Å². The van der Waals surface area contributed by atoms with E-state index in [0.717, 1.165) is 0 Å². The van der Waals surface area contributed by atoms with Crippen LogP contribution < -0.4 is 30.3 Å². The number of carbonyl (C=O) groups excluding carboxylic acids is 3. The number of methoxy groups -OCH3 is 1. The topological polar surface area (TPSA) is 127 Å². The molecule has 34 heavy (non-hydrogen) atoms. The molecule has 0 aromatic heterocycles. The summed E-state index contributed by atoms with van der Waals surface area (Å²) < 4.78 is 16.4. The molecule has 2 aromatic carbocycles. The number of hydrogen-bond acceptors (Lipinski definition) is 7. The smallest absolute Gasteiger partial charge is 0.329 e. The SMILES string of the molecule is CCOc1ccc(NC(=O)COc2c(/C=N\NC(=O)C(=O)N[C@@H](C)CC)cccc2OC)cc1. The second kappa shape index (κ2) is 13.5. The van der Waals surface area contributed by atoms with Crippen LogP contribution in [0.3, 0.4) is 0 Å². The second-order valence-electron chi connectivity index (χ2n) is 7.15. The number of nitrogens with one attached hydrogen (secondary N) is 3. The van der Waals surface area contributed by atoms with Crippen molar-refractivity contribution in [2.45, 2.75) is 33.2 Å². The molecule has 0 radical (unpaired) electrons. The molecule has 2 rings (SSSR count). The maximum absolute atomic E-state index is 12.4. The van der Waals surface area contributed by atoms with Gasteiger partial charge in [0.05, 0.1) is 19.9 Å². The van der Waals surface area contributed by atoms with E-state index in [9.17, 15) is 14.4 Å². The minimum absolute atomic E-state index is 0.130. The summed E-state index contributed by atoms with van der Waals surface area (Å²) in [6.45, 7) is 5.84. The Balaban J connectivity index is 2.00. The quantitative estimate of drug-likeness (QED) is 0.263. The number of benzene rings is 2. The first kappa shape index (κ1) is 26.2. The molecule has 0 fully saturated rings. The molecular formula is C24H30N4O6. The summed E-state index contributed by atoms with van der Waals surface area (Å²) in [5, 5.41) is 9.10. The molecule has 1 atom stereocenters. The Hall–Kier alpha value is -4.08. The van der Waals surface area contributed by atoms with Crippen LogP contribution in [-0.4, -0.2) is 50.3 Å². The number of amides is 3. The minimum Gasteiger partial charge on any atom is -0.494 e. The number of nitrogens with zero attached hydrogens (tertiary/aromatic N) is 1. The summed E-state index contributed by atoms with van der Waals surface area (Å²) >= 11 is 0. The molecule has 2 aromatic rings. The van der Waals surface area contributed by atoms with Gasteiger partial charge in [-0.15, -0.1) is 0 Å². The molecule has 10 nitrogen and oxygen atoms in total. The van der Waals surface area contributed by atoms with Gasteiger partial charge in [-0.25, -0.2) is 5.43 Å². The third-order valence-electron chi connectivity index (χ3n) is 4.59. The van der Waals surface area contributed by atoms with Crippen LogP contribution in [0.4, 0.5) is 5.69 Å². The van der Waals surface area contributed by atoms with Crippen LogP contribution in [0.5, 0.6) is 17.2 Å². The monoisotopic (exact) mass is 470 g/mol. The number of para-hydroxylation sites is 1. The molecule has 0 heterocycles. The molecule has 0 spiro atoms. The Morgan fingerprint density at radius 2 is 1.76 bits per heavy atom. The number of ether oxygens (including phenoxy) is 3. The van der Waals surface area contributed by atoms with E-state index in [1.165, 1.54) is 13.3 Å². The van der Waals surface area contributed by atoms with E-state index in [2.05, 4.69) is 21.2 Å². The zero-order chi connectivity index (χ0) is 24.9. The summed E-state index contributed by atoms with van der Waals surface area (Å²) in [4.78, 5) is 36.0. The first-order valence-electron chi connectivity index (χ1n) is 10.8. The predicted molar refractivity (Wildman–Crippen MR) is 128 cm³/mol. The van der Waals surface area contributed by atoms with Gasteiger partial charge in [-0.3, -0.25) is 14.4 Å². The molecule has 10 heteroatoms. The van der Waals surface area contributed by atoms with Crippen LogP contribution in [0.2, 0.25) is 0 Å². The number of carbonyl (C=O) groups is 3. The maximum atomic E-state index is 12.4. The fourth-order valence-electron chi connectivity index (χ4n) is 2.69. The van der Waals surface area contributed by atoms with Crippen molar-refractivity contribution in [3.05, 3.63) is 48.0 Å². The number of hydrogen-bond donors (Lipinski definition) is 3. The first-order valence-corrected chi connectivity index (χ1v) is 10.8. The van der Waals surface area contributed by atoms with Crippen molar-refractivity contribution in [3.8, 4) is 17.2 Å². The molecule has 0 saturated heterocycles. The van der Waals surface area contributed by atoms with Gasteiger partial charge >= 0.3 is 11.8 Å². The molecule has 0 saturated carbocycles. The van der Waals surface area contributed by atoms with Crippen molar-refractivity contribution in [1.29, 1.82) is 0 Å². The van der Waals surface area contributed by atoms with Crippen molar-refractivity contribution in [1.82, 2.24) is 10.7 Å². The zero-order valence-corrected chi connectivity index (χ0v) is 19.7. The van der Waals surface area contributed by atoms with Crippen LogP contribution in [0.15, 0.2) is 47.6 Å². The molecule has 0 aliphatic rings.